The van der Waals surface area contributed by atoms with Gasteiger partial charge in [-0.1, -0.05) is 24.3 Å². The first kappa shape index (κ1) is 15.8. The van der Waals surface area contributed by atoms with Crippen LogP contribution in [0.3, 0.4) is 0 Å². The van der Waals surface area contributed by atoms with Crippen molar-refractivity contribution in [1.82, 2.24) is 4.57 Å². The molecule has 0 aliphatic rings. The number of amides is 1. The molecule has 5 heteroatoms. The van der Waals surface area contributed by atoms with Crippen molar-refractivity contribution in [3.05, 3.63) is 65.9 Å². The molecule has 3 rings (SSSR count). The second kappa shape index (κ2) is 6.20. The van der Waals surface area contributed by atoms with Crippen LogP contribution in [0.5, 0.6) is 5.75 Å². The molecule has 1 heterocycles. The number of nitrogens with zero attached hydrogens (tertiary/aromatic N) is 1. The molecule has 2 aromatic carbocycles. The quantitative estimate of drug-likeness (QED) is 0.801. The van der Waals surface area contributed by atoms with Crippen LogP contribution >= 0.6 is 0 Å². The average molecular weight is 322 g/mol. The van der Waals surface area contributed by atoms with E-state index >= 15 is 0 Å². The summed E-state index contributed by atoms with van der Waals surface area (Å²) in [5.41, 5.74) is 6.88. The Labute approximate surface area is 139 Å². The van der Waals surface area contributed by atoms with Crippen LogP contribution in [0.15, 0.2) is 54.7 Å². The number of para-hydroxylation sites is 1. The minimum atomic E-state index is -0.561. The number of rotatable bonds is 4. The number of aromatic nitrogens is 1. The molecule has 0 fully saturated rings. The fourth-order valence-corrected chi connectivity index (χ4v) is 2.66. The van der Waals surface area contributed by atoms with Gasteiger partial charge in [0.05, 0.1) is 17.2 Å². The topological polar surface area (TPSA) is 74.3 Å². The maximum absolute atomic E-state index is 12.9. The highest BCUT2D eigenvalue weighted by molar-refractivity contribution is 6.11. The number of fused-ring (bicyclic) bond motifs is 1. The fourth-order valence-electron chi connectivity index (χ4n) is 2.66. The Bertz CT molecular complexity index is 925. The van der Waals surface area contributed by atoms with Crippen LogP contribution in [-0.2, 0) is 0 Å². The lowest BCUT2D eigenvalue weighted by molar-refractivity contribution is 0.0964. The fraction of sp³-hybridized carbons (Fsp3) is 0.158. The summed E-state index contributed by atoms with van der Waals surface area (Å²) in [6, 6.07) is 14.2. The van der Waals surface area contributed by atoms with Crippen LogP contribution in [0.1, 0.15) is 34.6 Å². The highest BCUT2D eigenvalue weighted by Crippen LogP contribution is 2.23. The van der Waals surface area contributed by atoms with Gasteiger partial charge in [-0.15, -0.1) is 0 Å². The summed E-state index contributed by atoms with van der Waals surface area (Å²) in [6.45, 7) is 3.85. The van der Waals surface area contributed by atoms with Crippen LogP contribution in [-0.4, -0.2) is 22.5 Å². The molecule has 0 radical (unpaired) electrons. The van der Waals surface area contributed by atoms with Crippen LogP contribution < -0.4 is 10.5 Å². The SMILES string of the molecule is CC(C)Oc1cccc(C(=O)n2cc(C(N)=O)c3ccccc32)c1. The van der Waals surface area contributed by atoms with Crippen LogP contribution in [0.25, 0.3) is 10.9 Å². The number of ether oxygens (including phenoxy) is 1. The van der Waals surface area contributed by atoms with E-state index in [0.717, 1.165) is 0 Å². The van der Waals surface area contributed by atoms with Gasteiger partial charge < -0.3 is 10.5 Å². The molecule has 0 aliphatic heterocycles. The lowest BCUT2D eigenvalue weighted by Crippen LogP contribution is -2.13. The van der Waals surface area contributed by atoms with Crippen molar-refractivity contribution in [1.29, 1.82) is 0 Å². The maximum atomic E-state index is 12.9. The molecular weight excluding hydrogens is 304 g/mol. The van der Waals surface area contributed by atoms with E-state index in [1.807, 2.05) is 19.9 Å². The lowest BCUT2D eigenvalue weighted by atomic mass is 10.1. The van der Waals surface area contributed by atoms with Gasteiger partial charge >= 0.3 is 0 Å². The van der Waals surface area contributed by atoms with Gasteiger partial charge in [0.1, 0.15) is 5.75 Å². The number of carbonyl (C=O) groups excluding carboxylic acids is 2. The predicted octanol–water partition coefficient (Wildman–Crippen LogP) is 3.22. The highest BCUT2D eigenvalue weighted by atomic mass is 16.5. The zero-order chi connectivity index (χ0) is 17.3. The van der Waals surface area contributed by atoms with Crippen molar-refractivity contribution in [3.8, 4) is 5.75 Å². The van der Waals surface area contributed by atoms with Gasteiger partial charge in [-0.25, -0.2) is 0 Å². The molecule has 0 atom stereocenters. The zero-order valence-electron chi connectivity index (χ0n) is 13.5. The van der Waals surface area contributed by atoms with Crippen LogP contribution in [0.2, 0.25) is 0 Å². The summed E-state index contributed by atoms with van der Waals surface area (Å²) >= 11 is 0. The first-order valence-corrected chi connectivity index (χ1v) is 7.68. The Morgan fingerprint density at radius 1 is 1.08 bits per heavy atom. The average Bonchev–Trinajstić information content (AvgIpc) is 2.93. The van der Waals surface area contributed by atoms with E-state index in [0.29, 0.717) is 27.8 Å². The minimum Gasteiger partial charge on any atom is -0.491 e. The van der Waals surface area contributed by atoms with Crippen molar-refractivity contribution < 1.29 is 14.3 Å². The van der Waals surface area contributed by atoms with Crippen molar-refractivity contribution in [2.75, 3.05) is 0 Å². The van der Waals surface area contributed by atoms with Gasteiger partial charge in [-0.05, 0) is 38.1 Å². The third-order valence-electron chi connectivity index (χ3n) is 3.65. The Morgan fingerprint density at radius 2 is 1.83 bits per heavy atom. The largest absolute Gasteiger partial charge is 0.491 e. The monoisotopic (exact) mass is 322 g/mol. The zero-order valence-corrected chi connectivity index (χ0v) is 13.5. The molecule has 24 heavy (non-hydrogen) atoms. The van der Waals surface area contributed by atoms with E-state index in [-0.39, 0.29) is 12.0 Å². The number of nitrogens with two attached hydrogens (primary N) is 1. The highest BCUT2D eigenvalue weighted by Gasteiger charge is 2.18. The van der Waals surface area contributed by atoms with Crippen molar-refractivity contribution in [2.45, 2.75) is 20.0 Å². The Hall–Kier alpha value is -3.08. The molecule has 0 spiro atoms. The summed E-state index contributed by atoms with van der Waals surface area (Å²) in [5.74, 6) is -0.176. The normalized spacial score (nSPS) is 11.0. The maximum Gasteiger partial charge on any atom is 0.262 e. The van der Waals surface area contributed by atoms with Gasteiger partial charge in [0.25, 0.3) is 11.8 Å². The van der Waals surface area contributed by atoms with E-state index in [9.17, 15) is 9.59 Å². The molecule has 0 aliphatic carbocycles. The van der Waals surface area contributed by atoms with Crippen LogP contribution in [0, 0.1) is 0 Å². The summed E-state index contributed by atoms with van der Waals surface area (Å²) in [6.07, 6.45) is 1.51. The van der Waals surface area contributed by atoms with E-state index in [2.05, 4.69) is 0 Å². The second-order valence-corrected chi connectivity index (χ2v) is 5.79. The number of hydrogen-bond acceptors (Lipinski definition) is 3. The third kappa shape index (κ3) is 2.88. The Kier molecular flexibility index (Phi) is 4.08. The molecule has 0 saturated carbocycles. The van der Waals surface area contributed by atoms with E-state index in [1.54, 1.807) is 42.5 Å². The molecule has 5 nitrogen and oxygen atoms in total. The van der Waals surface area contributed by atoms with E-state index in [4.69, 9.17) is 10.5 Å². The molecule has 0 unspecified atom stereocenters. The minimum absolute atomic E-state index is 0.0178. The molecule has 3 aromatic rings. The Balaban J connectivity index is 2.08. The van der Waals surface area contributed by atoms with Gasteiger partial charge in [-0.3, -0.25) is 14.2 Å². The summed E-state index contributed by atoms with van der Waals surface area (Å²) < 4.78 is 7.08. The molecule has 122 valence electrons. The van der Waals surface area contributed by atoms with E-state index in [1.165, 1.54) is 10.8 Å². The number of benzene rings is 2. The van der Waals surface area contributed by atoms with Crippen molar-refractivity contribution in [2.24, 2.45) is 5.73 Å². The summed E-state index contributed by atoms with van der Waals surface area (Å²) in [4.78, 5) is 24.5. The van der Waals surface area contributed by atoms with Gasteiger partial charge in [0.15, 0.2) is 0 Å². The van der Waals surface area contributed by atoms with Crippen LogP contribution in [0.4, 0.5) is 0 Å². The van der Waals surface area contributed by atoms with Crippen molar-refractivity contribution in [3.63, 3.8) is 0 Å². The van der Waals surface area contributed by atoms with Gasteiger partial charge in [-0.2, -0.15) is 0 Å². The summed E-state index contributed by atoms with van der Waals surface area (Å²) in [5, 5.41) is 0.660. The lowest BCUT2D eigenvalue weighted by Gasteiger charge is -2.11. The molecule has 1 aromatic heterocycles. The molecule has 0 saturated heterocycles. The molecule has 1 amide bonds. The first-order valence-electron chi connectivity index (χ1n) is 7.68. The Morgan fingerprint density at radius 3 is 2.54 bits per heavy atom. The third-order valence-corrected chi connectivity index (χ3v) is 3.65. The van der Waals surface area contributed by atoms with Gasteiger partial charge in [0, 0.05) is 17.1 Å². The number of carbonyl (C=O) groups is 2. The molecule has 2 N–H and O–H groups in total. The molecular formula is C19H18N2O3. The van der Waals surface area contributed by atoms with Gasteiger partial charge in [0.2, 0.25) is 0 Å². The predicted molar refractivity (Wildman–Crippen MR) is 92.4 cm³/mol. The number of hydrogen-bond donors (Lipinski definition) is 1. The standard InChI is InChI=1S/C19H18N2O3/c1-12(2)24-14-7-5-6-13(10-14)19(23)21-11-16(18(20)22)15-8-3-4-9-17(15)21/h3-12H,1-2H3,(H2,20,22). The van der Waals surface area contributed by atoms with E-state index < -0.39 is 5.91 Å². The number of primary amides is 1. The second-order valence-electron chi connectivity index (χ2n) is 5.79. The first-order chi connectivity index (χ1) is 11.5. The smallest absolute Gasteiger partial charge is 0.262 e. The summed E-state index contributed by atoms with van der Waals surface area (Å²) in [7, 11) is 0. The van der Waals surface area contributed by atoms with Crippen molar-refractivity contribution >= 4 is 22.7 Å². The molecule has 0 bridgehead atoms.